The highest BCUT2D eigenvalue weighted by Crippen LogP contribution is 2.34. The van der Waals surface area contributed by atoms with Gasteiger partial charge in [0.25, 0.3) is 5.91 Å². The van der Waals surface area contributed by atoms with Crippen LogP contribution in [0.2, 0.25) is 0 Å². The summed E-state index contributed by atoms with van der Waals surface area (Å²) < 4.78 is 1.34. The minimum Gasteiger partial charge on any atom is -0.321 e. The molecule has 0 aromatic carbocycles. The molecule has 0 fully saturated rings. The van der Waals surface area contributed by atoms with Crippen LogP contribution >= 0.6 is 0 Å². The Morgan fingerprint density at radius 1 is 1.32 bits per heavy atom. The largest absolute Gasteiger partial charge is 0.321 e. The summed E-state index contributed by atoms with van der Waals surface area (Å²) in [7, 11) is 1.58. The van der Waals surface area contributed by atoms with Gasteiger partial charge >= 0.3 is 0 Å². The third-order valence-electron chi connectivity index (χ3n) is 4.55. The van der Waals surface area contributed by atoms with Crippen LogP contribution in [0.3, 0.4) is 0 Å². The zero-order valence-corrected chi connectivity index (χ0v) is 14.4. The summed E-state index contributed by atoms with van der Waals surface area (Å²) in [5, 5.41) is 2.83. The van der Waals surface area contributed by atoms with E-state index in [1.807, 2.05) is 13.8 Å². The number of fused-ring (bicyclic) bond motifs is 1. The average molecular weight is 340 g/mol. The molecule has 3 heterocycles. The van der Waals surface area contributed by atoms with Crippen LogP contribution in [-0.4, -0.2) is 27.4 Å². The zero-order chi connectivity index (χ0) is 18.1. The maximum absolute atomic E-state index is 13.2. The van der Waals surface area contributed by atoms with Gasteiger partial charge < -0.3 is 9.88 Å². The number of nitrogens with zero attached hydrogens (tertiary/aromatic N) is 3. The van der Waals surface area contributed by atoms with Crippen LogP contribution in [-0.2, 0) is 11.8 Å². The fourth-order valence-corrected chi connectivity index (χ4v) is 2.96. The summed E-state index contributed by atoms with van der Waals surface area (Å²) in [5.41, 5.74) is 0.636. The highest BCUT2D eigenvalue weighted by molar-refractivity contribution is 6.15. The van der Waals surface area contributed by atoms with Crippen molar-refractivity contribution in [2.45, 2.75) is 26.3 Å². The molecule has 2 aromatic heterocycles. The van der Waals surface area contributed by atoms with E-state index in [1.165, 1.54) is 27.8 Å². The number of carbonyl (C=O) groups excluding carboxylic acids is 2. The van der Waals surface area contributed by atoms with E-state index in [0.717, 1.165) is 6.42 Å². The first-order chi connectivity index (χ1) is 11.9. The van der Waals surface area contributed by atoms with Gasteiger partial charge in [-0.2, -0.15) is 0 Å². The van der Waals surface area contributed by atoms with Crippen LogP contribution in [0.4, 0.5) is 11.5 Å². The fraction of sp³-hybridized carbons (Fsp3) is 0.333. The minimum atomic E-state index is -0.655. The smallest absolute Gasteiger partial charge is 0.261 e. The van der Waals surface area contributed by atoms with Gasteiger partial charge in [0.1, 0.15) is 6.04 Å². The van der Waals surface area contributed by atoms with Crippen molar-refractivity contribution in [1.29, 1.82) is 0 Å². The summed E-state index contributed by atoms with van der Waals surface area (Å²) in [6.07, 6.45) is 3.80. The molecule has 0 spiro atoms. The number of hydrogen-bond acceptors (Lipinski definition) is 4. The standard InChI is InChI=1S/C18H20N4O3/c1-4-11(2)15-17(24)20-13-6-5-9-19-16(13)22(15)18(25)12-7-8-14(23)21(3)10-12/h5-11,15H,4H2,1-3H3,(H,20,24)/t11-,15-/m0/s1. The first kappa shape index (κ1) is 16.9. The van der Waals surface area contributed by atoms with Crippen molar-refractivity contribution >= 4 is 23.3 Å². The van der Waals surface area contributed by atoms with Crippen molar-refractivity contribution in [3.8, 4) is 0 Å². The first-order valence-electron chi connectivity index (χ1n) is 8.20. The van der Waals surface area contributed by atoms with Gasteiger partial charge in [-0.25, -0.2) is 4.98 Å². The highest BCUT2D eigenvalue weighted by atomic mass is 16.2. The molecular weight excluding hydrogens is 320 g/mol. The molecule has 0 saturated heterocycles. The summed E-state index contributed by atoms with van der Waals surface area (Å²) in [6.45, 7) is 3.90. The van der Waals surface area contributed by atoms with Crippen molar-refractivity contribution in [3.63, 3.8) is 0 Å². The summed E-state index contributed by atoms with van der Waals surface area (Å²) in [4.78, 5) is 43.2. The molecule has 2 atom stereocenters. The second kappa shape index (κ2) is 6.51. The molecule has 3 rings (SSSR count). The fourth-order valence-electron chi connectivity index (χ4n) is 2.96. The van der Waals surface area contributed by atoms with E-state index in [9.17, 15) is 14.4 Å². The number of nitrogens with one attached hydrogen (secondary N) is 1. The number of aromatic nitrogens is 2. The maximum Gasteiger partial charge on any atom is 0.261 e. The van der Waals surface area contributed by atoms with Gasteiger partial charge in [0.05, 0.1) is 11.3 Å². The zero-order valence-electron chi connectivity index (χ0n) is 14.4. The lowest BCUT2D eigenvalue weighted by atomic mass is 9.94. The normalized spacial score (nSPS) is 17.6. The molecule has 0 unspecified atom stereocenters. The number of amides is 2. The van der Waals surface area contributed by atoms with Gasteiger partial charge in [0.2, 0.25) is 11.5 Å². The number of hydrogen-bond donors (Lipinski definition) is 1. The Morgan fingerprint density at radius 3 is 2.76 bits per heavy atom. The lowest BCUT2D eigenvalue weighted by molar-refractivity contribution is -0.118. The lowest BCUT2D eigenvalue weighted by Gasteiger charge is -2.38. The van der Waals surface area contributed by atoms with E-state index in [-0.39, 0.29) is 23.3 Å². The number of pyridine rings is 2. The van der Waals surface area contributed by atoms with E-state index in [0.29, 0.717) is 17.1 Å². The predicted molar refractivity (Wildman–Crippen MR) is 94.6 cm³/mol. The van der Waals surface area contributed by atoms with Crippen LogP contribution in [0, 0.1) is 5.92 Å². The van der Waals surface area contributed by atoms with E-state index < -0.39 is 6.04 Å². The molecule has 1 N–H and O–H groups in total. The molecule has 0 radical (unpaired) electrons. The van der Waals surface area contributed by atoms with Gasteiger partial charge in [0.15, 0.2) is 5.82 Å². The van der Waals surface area contributed by atoms with Gasteiger partial charge in [-0.15, -0.1) is 0 Å². The van der Waals surface area contributed by atoms with Crippen molar-refractivity contribution < 1.29 is 9.59 Å². The topological polar surface area (TPSA) is 84.3 Å². The van der Waals surface area contributed by atoms with E-state index in [1.54, 1.807) is 25.4 Å². The molecule has 130 valence electrons. The summed E-state index contributed by atoms with van der Waals surface area (Å²) in [6, 6.07) is 5.59. The molecule has 25 heavy (non-hydrogen) atoms. The average Bonchev–Trinajstić information content (AvgIpc) is 2.61. The molecule has 1 aliphatic rings. The third-order valence-corrected chi connectivity index (χ3v) is 4.55. The molecule has 7 nitrogen and oxygen atoms in total. The molecule has 2 aromatic rings. The Kier molecular flexibility index (Phi) is 4.39. The van der Waals surface area contributed by atoms with Gasteiger partial charge in [-0.1, -0.05) is 20.3 Å². The van der Waals surface area contributed by atoms with Crippen molar-refractivity contribution in [2.24, 2.45) is 13.0 Å². The predicted octanol–water partition coefficient (Wildman–Crippen LogP) is 1.79. The minimum absolute atomic E-state index is 0.0494. The number of carbonyl (C=O) groups is 2. The Labute approximate surface area is 145 Å². The lowest BCUT2D eigenvalue weighted by Crippen LogP contribution is -2.54. The van der Waals surface area contributed by atoms with Crippen LogP contribution in [0.1, 0.15) is 30.6 Å². The molecular formula is C18H20N4O3. The van der Waals surface area contributed by atoms with Gasteiger partial charge in [-0.3, -0.25) is 19.3 Å². The molecule has 7 heteroatoms. The molecule has 1 aliphatic heterocycles. The number of aryl methyl sites for hydroxylation is 1. The van der Waals surface area contributed by atoms with Crippen LogP contribution < -0.4 is 15.8 Å². The van der Waals surface area contributed by atoms with E-state index in [2.05, 4.69) is 10.3 Å². The number of anilines is 2. The monoisotopic (exact) mass is 340 g/mol. The van der Waals surface area contributed by atoms with Gasteiger partial charge in [-0.05, 0) is 24.1 Å². The highest BCUT2D eigenvalue weighted by Gasteiger charge is 2.40. The summed E-state index contributed by atoms with van der Waals surface area (Å²) in [5.74, 6) is -0.207. The van der Waals surface area contributed by atoms with Crippen molar-refractivity contribution in [2.75, 3.05) is 10.2 Å². The second-order valence-corrected chi connectivity index (χ2v) is 6.24. The quantitative estimate of drug-likeness (QED) is 0.923. The Hall–Kier alpha value is -2.96. The molecule has 0 aliphatic carbocycles. The molecule has 0 bridgehead atoms. The molecule has 0 saturated carbocycles. The maximum atomic E-state index is 13.2. The summed E-state index contributed by atoms with van der Waals surface area (Å²) >= 11 is 0. The van der Waals surface area contributed by atoms with E-state index in [4.69, 9.17) is 0 Å². The first-order valence-corrected chi connectivity index (χ1v) is 8.20. The van der Waals surface area contributed by atoms with Crippen LogP contribution in [0.25, 0.3) is 0 Å². The Balaban J connectivity index is 2.13. The van der Waals surface area contributed by atoms with Gasteiger partial charge in [0, 0.05) is 25.5 Å². The number of rotatable bonds is 3. The van der Waals surface area contributed by atoms with Crippen LogP contribution in [0.15, 0.2) is 41.5 Å². The van der Waals surface area contributed by atoms with Crippen molar-refractivity contribution in [1.82, 2.24) is 9.55 Å². The SMILES string of the molecule is CC[C@H](C)[C@H]1C(=O)Nc2cccnc2N1C(=O)c1ccc(=O)n(C)c1. The second-order valence-electron chi connectivity index (χ2n) is 6.24. The Morgan fingerprint density at radius 2 is 2.08 bits per heavy atom. The van der Waals surface area contributed by atoms with E-state index >= 15 is 0 Å². The third kappa shape index (κ3) is 2.93. The van der Waals surface area contributed by atoms with Crippen LogP contribution in [0.5, 0.6) is 0 Å². The molecule has 2 amide bonds. The Bertz CT molecular complexity index is 890. The van der Waals surface area contributed by atoms with Crippen molar-refractivity contribution in [3.05, 3.63) is 52.6 Å².